The summed E-state index contributed by atoms with van der Waals surface area (Å²) >= 11 is 0. The highest BCUT2D eigenvalue weighted by Gasteiger charge is 2.26. The van der Waals surface area contributed by atoms with E-state index in [4.69, 9.17) is 10.2 Å². The van der Waals surface area contributed by atoms with Crippen molar-refractivity contribution in [2.24, 2.45) is 5.92 Å². The van der Waals surface area contributed by atoms with E-state index >= 15 is 0 Å². The Bertz CT molecular complexity index is 208. The minimum atomic E-state index is -0.720. The first kappa shape index (κ1) is 12.5. The molecule has 0 aliphatic carbocycles. The van der Waals surface area contributed by atoms with Gasteiger partial charge >= 0.3 is 5.97 Å². The first-order chi connectivity index (χ1) is 7.15. The lowest BCUT2D eigenvalue weighted by Crippen LogP contribution is -2.35. The Hall–Kier alpha value is -0.610. The van der Waals surface area contributed by atoms with Gasteiger partial charge in [0.2, 0.25) is 0 Å². The summed E-state index contributed by atoms with van der Waals surface area (Å²) in [6.45, 7) is 3.64. The van der Waals surface area contributed by atoms with Crippen LogP contribution >= 0.6 is 0 Å². The van der Waals surface area contributed by atoms with E-state index in [-0.39, 0.29) is 12.5 Å². The molecule has 0 bridgehead atoms. The fourth-order valence-electron chi connectivity index (χ4n) is 2.22. The van der Waals surface area contributed by atoms with E-state index < -0.39 is 5.97 Å². The van der Waals surface area contributed by atoms with E-state index in [0.717, 1.165) is 32.2 Å². The molecule has 1 rings (SSSR count). The summed E-state index contributed by atoms with van der Waals surface area (Å²) in [5.41, 5.74) is 0. The zero-order chi connectivity index (χ0) is 11.3. The van der Waals surface area contributed by atoms with Crippen molar-refractivity contribution in [2.45, 2.75) is 38.6 Å². The number of aliphatic hydroxyl groups is 1. The molecule has 1 aliphatic rings. The summed E-state index contributed by atoms with van der Waals surface area (Å²) in [5, 5.41) is 17.6. The third-order valence-electron chi connectivity index (χ3n) is 3.12. The summed E-state index contributed by atoms with van der Waals surface area (Å²) in [6, 6.07) is 0.485. The summed E-state index contributed by atoms with van der Waals surface area (Å²) in [4.78, 5) is 13.0. The van der Waals surface area contributed by atoms with Crippen LogP contribution in [0.15, 0.2) is 0 Å². The molecule has 0 amide bonds. The lowest BCUT2D eigenvalue weighted by molar-refractivity contribution is -0.141. The fourth-order valence-corrected chi connectivity index (χ4v) is 2.22. The van der Waals surface area contributed by atoms with Crippen molar-refractivity contribution < 1.29 is 15.0 Å². The molecule has 0 saturated carbocycles. The number of carbonyl (C=O) groups is 1. The average molecular weight is 215 g/mol. The van der Waals surface area contributed by atoms with Crippen molar-refractivity contribution in [1.82, 2.24) is 4.90 Å². The highest BCUT2D eigenvalue weighted by molar-refractivity contribution is 5.69. The highest BCUT2D eigenvalue weighted by atomic mass is 16.4. The molecule has 4 heteroatoms. The molecule has 0 radical (unpaired) electrons. The Morgan fingerprint density at radius 3 is 2.93 bits per heavy atom. The number of carboxylic acids is 1. The monoisotopic (exact) mass is 215 g/mol. The molecule has 1 heterocycles. The number of hydrogen-bond acceptors (Lipinski definition) is 3. The van der Waals surface area contributed by atoms with Crippen molar-refractivity contribution in [3.05, 3.63) is 0 Å². The van der Waals surface area contributed by atoms with Gasteiger partial charge in [-0.25, -0.2) is 0 Å². The van der Waals surface area contributed by atoms with Crippen LogP contribution in [0.3, 0.4) is 0 Å². The van der Waals surface area contributed by atoms with Gasteiger partial charge in [-0.3, -0.25) is 9.69 Å². The standard InChI is InChI=1S/C11H21NO3/c1-9(11(14)15)8-12-6-2-4-10(12)5-3-7-13/h9-10,13H,2-8H2,1H3,(H,14,15). The average Bonchev–Trinajstić information content (AvgIpc) is 2.62. The van der Waals surface area contributed by atoms with Crippen LogP contribution in [0, 0.1) is 5.92 Å². The van der Waals surface area contributed by atoms with Crippen LogP contribution in [0.2, 0.25) is 0 Å². The molecular formula is C11H21NO3. The normalized spacial score (nSPS) is 24.3. The van der Waals surface area contributed by atoms with Crippen molar-refractivity contribution in [3.63, 3.8) is 0 Å². The number of aliphatic carboxylic acids is 1. The minimum absolute atomic E-state index is 0.235. The molecule has 1 saturated heterocycles. The molecule has 0 spiro atoms. The molecule has 2 atom stereocenters. The van der Waals surface area contributed by atoms with Crippen molar-refractivity contribution in [1.29, 1.82) is 0 Å². The maximum Gasteiger partial charge on any atom is 0.307 e. The van der Waals surface area contributed by atoms with Crippen LogP contribution < -0.4 is 0 Å². The van der Waals surface area contributed by atoms with Gasteiger partial charge in [-0.15, -0.1) is 0 Å². The Balaban J connectivity index is 2.35. The van der Waals surface area contributed by atoms with E-state index in [1.165, 1.54) is 0 Å². The summed E-state index contributed by atoms with van der Waals surface area (Å²) in [6.07, 6.45) is 4.11. The molecule has 2 N–H and O–H groups in total. The molecule has 0 aromatic rings. The fraction of sp³-hybridized carbons (Fsp3) is 0.909. The molecule has 0 aromatic carbocycles. The second-order valence-electron chi connectivity index (χ2n) is 4.40. The zero-order valence-electron chi connectivity index (χ0n) is 9.35. The third kappa shape index (κ3) is 3.80. The summed E-state index contributed by atoms with van der Waals surface area (Å²) in [7, 11) is 0. The molecule has 1 aliphatic heterocycles. The van der Waals surface area contributed by atoms with E-state index in [1.54, 1.807) is 6.92 Å². The van der Waals surface area contributed by atoms with Gasteiger partial charge in [0, 0.05) is 19.2 Å². The Labute approximate surface area is 90.9 Å². The molecule has 1 fully saturated rings. The van der Waals surface area contributed by atoms with Crippen LogP contribution in [0.1, 0.15) is 32.6 Å². The van der Waals surface area contributed by atoms with Gasteiger partial charge in [0.25, 0.3) is 0 Å². The largest absolute Gasteiger partial charge is 0.481 e. The number of hydrogen-bond donors (Lipinski definition) is 2. The molecule has 2 unspecified atom stereocenters. The third-order valence-corrected chi connectivity index (χ3v) is 3.12. The molecular weight excluding hydrogens is 194 g/mol. The maximum atomic E-state index is 10.7. The van der Waals surface area contributed by atoms with E-state index in [2.05, 4.69) is 4.90 Å². The second kappa shape index (κ2) is 6.08. The molecule has 0 aromatic heterocycles. The number of aliphatic hydroxyl groups excluding tert-OH is 1. The number of likely N-dealkylation sites (tertiary alicyclic amines) is 1. The van der Waals surface area contributed by atoms with Gasteiger partial charge in [-0.1, -0.05) is 6.92 Å². The smallest absolute Gasteiger partial charge is 0.307 e. The SMILES string of the molecule is CC(CN1CCCC1CCCO)C(=O)O. The van der Waals surface area contributed by atoms with Crippen LogP contribution in [0.5, 0.6) is 0 Å². The van der Waals surface area contributed by atoms with Crippen LogP contribution in [-0.4, -0.2) is 46.8 Å². The van der Waals surface area contributed by atoms with Crippen LogP contribution in [0.25, 0.3) is 0 Å². The van der Waals surface area contributed by atoms with E-state index in [9.17, 15) is 4.79 Å². The number of nitrogens with zero attached hydrogens (tertiary/aromatic N) is 1. The van der Waals surface area contributed by atoms with Crippen molar-refractivity contribution in [3.8, 4) is 0 Å². The van der Waals surface area contributed by atoms with Gasteiger partial charge in [0.1, 0.15) is 0 Å². The Kier molecular flexibility index (Phi) is 5.05. The lowest BCUT2D eigenvalue weighted by Gasteiger charge is -2.25. The maximum absolute atomic E-state index is 10.7. The second-order valence-corrected chi connectivity index (χ2v) is 4.40. The predicted octanol–water partition coefficient (Wildman–Crippen LogP) is 0.944. The zero-order valence-corrected chi connectivity index (χ0v) is 9.35. The molecule has 15 heavy (non-hydrogen) atoms. The van der Waals surface area contributed by atoms with E-state index in [1.807, 2.05) is 0 Å². The summed E-state index contributed by atoms with van der Waals surface area (Å²) < 4.78 is 0. The van der Waals surface area contributed by atoms with Crippen LogP contribution in [0.4, 0.5) is 0 Å². The van der Waals surface area contributed by atoms with Crippen molar-refractivity contribution >= 4 is 5.97 Å². The predicted molar refractivity (Wildman–Crippen MR) is 57.7 cm³/mol. The minimum Gasteiger partial charge on any atom is -0.481 e. The van der Waals surface area contributed by atoms with Gasteiger partial charge in [0.05, 0.1) is 5.92 Å². The first-order valence-electron chi connectivity index (χ1n) is 5.73. The Morgan fingerprint density at radius 1 is 1.60 bits per heavy atom. The quantitative estimate of drug-likeness (QED) is 0.692. The number of rotatable bonds is 6. The van der Waals surface area contributed by atoms with Crippen molar-refractivity contribution in [2.75, 3.05) is 19.7 Å². The van der Waals surface area contributed by atoms with E-state index in [0.29, 0.717) is 12.6 Å². The first-order valence-corrected chi connectivity index (χ1v) is 5.73. The highest BCUT2D eigenvalue weighted by Crippen LogP contribution is 2.22. The lowest BCUT2D eigenvalue weighted by atomic mass is 10.1. The van der Waals surface area contributed by atoms with Gasteiger partial charge in [0.15, 0.2) is 0 Å². The summed E-state index contributed by atoms with van der Waals surface area (Å²) in [5.74, 6) is -1.01. The molecule has 4 nitrogen and oxygen atoms in total. The van der Waals surface area contributed by atoms with Gasteiger partial charge in [-0.05, 0) is 32.2 Å². The number of carboxylic acid groups (broad SMARTS) is 1. The van der Waals surface area contributed by atoms with Gasteiger partial charge < -0.3 is 10.2 Å². The Morgan fingerprint density at radius 2 is 2.33 bits per heavy atom. The topological polar surface area (TPSA) is 60.8 Å². The van der Waals surface area contributed by atoms with Crippen LogP contribution in [-0.2, 0) is 4.79 Å². The molecule has 88 valence electrons. The van der Waals surface area contributed by atoms with Gasteiger partial charge in [-0.2, -0.15) is 0 Å².